The van der Waals surface area contributed by atoms with Gasteiger partial charge >= 0.3 is 0 Å². The molecule has 3 aromatic carbocycles. The van der Waals surface area contributed by atoms with E-state index in [1.807, 2.05) is 57.3 Å². The van der Waals surface area contributed by atoms with Crippen LogP contribution in [0.15, 0.2) is 77.3 Å². The minimum atomic E-state index is -0.807. The van der Waals surface area contributed by atoms with Gasteiger partial charge in [-0.2, -0.15) is 0 Å². The quantitative estimate of drug-likeness (QED) is 0.285. The van der Waals surface area contributed by atoms with Crippen molar-refractivity contribution in [2.75, 3.05) is 0 Å². The molecular formula is C31H31BrN4O3. The third-order valence-electron chi connectivity index (χ3n) is 7.46. The average molecular weight is 588 g/mol. The van der Waals surface area contributed by atoms with Crippen molar-refractivity contribution >= 4 is 44.6 Å². The Bertz CT molecular complexity index is 1570. The molecule has 39 heavy (non-hydrogen) atoms. The molecule has 0 fully saturated rings. The number of rotatable bonds is 6. The normalized spacial score (nSPS) is 15.5. The summed E-state index contributed by atoms with van der Waals surface area (Å²) in [6, 6.07) is 21.3. The molecule has 2 atom stereocenters. The Balaban J connectivity index is 1.55. The Morgan fingerprint density at radius 2 is 1.62 bits per heavy atom. The van der Waals surface area contributed by atoms with Crippen molar-refractivity contribution in [2.45, 2.75) is 39.3 Å². The highest BCUT2D eigenvalue weighted by molar-refractivity contribution is 9.10. The van der Waals surface area contributed by atoms with Crippen molar-refractivity contribution in [1.29, 1.82) is 0 Å². The first kappa shape index (κ1) is 26.7. The number of carbonyl (C=O) groups is 3. The molecule has 0 bridgehead atoms. The topological polar surface area (TPSA) is 83.4 Å². The lowest BCUT2D eigenvalue weighted by Crippen LogP contribution is -2.54. The van der Waals surface area contributed by atoms with Crippen LogP contribution < -0.4 is 10.9 Å². The molecule has 8 heteroatoms. The SMILES string of the molecule is Cc1c(C2c3ccccc3C(=O)N2C(CC(C)C)C(=O)NNC(=O)c2ccc(Br)cc2)c2ccccc2n1C. The van der Waals surface area contributed by atoms with Gasteiger partial charge in [0, 0.05) is 44.8 Å². The van der Waals surface area contributed by atoms with Crippen LogP contribution in [0.1, 0.15) is 63.8 Å². The number of carbonyl (C=O) groups excluding carboxylic acids is 3. The number of hydrogen-bond donors (Lipinski definition) is 2. The van der Waals surface area contributed by atoms with Gasteiger partial charge in [-0.25, -0.2) is 0 Å². The van der Waals surface area contributed by atoms with Crippen LogP contribution in [0, 0.1) is 12.8 Å². The fourth-order valence-corrected chi connectivity index (χ4v) is 5.78. The summed E-state index contributed by atoms with van der Waals surface area (Å²) < 4.78 is 2.98. The third kappa shape index (κ3) is 4.85. The lowest BCUT2D eigenvalue weighted by molar-refractivity contribution is -0.127. The van der Waals surface area contributed by atoms with E-state index in [4.69, 9.17) is 0 Å². The van der Waals surface area contributed by atoms with Gasteiger partial charge in [0.2, 0.25) is 0 Å². The van der Waals surface area contributed by atoms with Gasteiger partial charge in [0.25, 0.3) is 17.7 Å². The zero-order valence-electron chi connectivity index (χ0n) is 22.4. The smallest absolute Gasteiger partial charge is 0.269 e. The summed E-state index contributed by atoms with van der Waals surface area (Å²) in [5, 5.41) is 1.05. The minimum Gasteiger partial charge on any atom is -0.348 e. The average Bonchev–Trinajstić information content (AvgIpc) is 3.35. The maximum absolute atomic E-state index is 14.0. The maximum atomic E-state index is 14.0. The molecule has 0 saturated heterocycles. The largest absolute Gasteiger partial charge is 0.348 e. The molecule has 0 aliphatic carbocycles. The van der Waals surface area contributed by atoms with E-state index in [1.165, 1.54) is 0 Å². The molecule has 0 spiro atoms. The highest BCUT2D eigenvalue weighted by atomic mass is 79.9. The number of nitrogens with one attached hydrogen (secondary N) is 2. The van der Waals surface area contributed by atoms with E-state index in [0.29, 0.717) is 17.5 Å². The van der Waals surface area contributed by atoms with Crippen LogP contribution in [0.3, 0.4) is 0 Å². The zero-order chi connectivity index (χ0) is 27.8. The van der Waals surface area contributed by atoms with Crippen LogP contribution in [0.5, 0.6) is 0 Å². The van der Waals surface area contributed by atoms with Crippen molar-refractivity contribution < 1.29 is 14.4 Å². The van der Waals surface area contributed by atoms with Crippen molar-refractivity contribution in [3.63, 3.8) is 0 Å². The second-order valence-corrected chi connectivity index (χ2v) is 11.3. The van der Waals surface area contributed by atoms with Gasteiger partial charge in [0.15, 0.2) is 0 Å². The molecule has 2 heterocycles. The number of benzene rings is 3. The number of nitrogens with zero attached hydrogens (tertiary/aromatic N) is 2. The predicted octanol–water partition coefficient (Wildman–Crippen LogP) is 5.67. The number of fused-ring (bicyclic) bond motifs is 2. The number of aromatic nitrogens is 1. The number of para-hydroxylation sites is 1. The summed E-state index contributed by atoms with van der Waals surface area (Å²) in [5.41, 5.74) is 10.1. The number of amides is 3. The highest BCUT2D eigenvalue weighted by Crippen LogP contribution is 2.45. The van der Waals surface area contributed by atoms with E-state index in [2.05, 4.69) is 50.4 Å². The molecule has 1 aromatic heterocycles. The molecule has 7 nitrogen and oxygen atoms in total. The zero-order valence-corrected chi connectivity index (χ0v) is 24.0. The molecule has 4 aromatic rings. The van der Waals surface area contributed by atoms with Crippen LogP contribution in [0.2, 0.25) is 0 Å². The predicted molar refractivity (Wildman–Crippen MR) is 155 cm³/mol. The molecule has 2 N–H and O–H groups in total. The van der Waals surface area contributed by atoms with Crippen molar-refractivity contribution in [2.24, 2.45) is 13.0 Å². The van der Waals surface area contributed by atoms with Gasteiger partial charge in [-0.3, -0.25) is 25.2 Å². The van der Waals surface area contributed by atoms with Gasteiger partial charge in [0.05, 0.1) is 6.04 Å². The number of aryl methyl sites for hydroxylation is 1. The molecule has 0 saturated carbocycles. The molecule has 2 unspecified atom stereocenters. The molecule has 1 aliphatic heterocycles. The Morgan fingerprint density at radius 3 is 2.33 bits per heavy atom. The van der Waals surface area contributed by atoms with Gasteiger partial charge in [-0.05, 0) is 61.2 Å². The van der Waals surface area contributed by atoms with E-state index in [0.717, 1.165) is 32.2 Å². The molecular weight excluding hydrogens is 556 g/mol. The summed E-state index contributed by atoms with van der Waals surface area (Å²) in [7, 11) is 2.02. The van der Waals surface area contributed by atoms with Crippen molar-refractivity contribution in [3.05, 3.63) is 105 Å². The fourth-order valence-electron chi connectivity index (χ4n) is 5.52. The van der Waals surface area contributed by atoms with E-state index in [-0.39, 0.29) is 11.8 Å². The number of hydrogen-bond acceptors (Lipinski definition) is 3. The second kappa shape index (κ2) is 10.7. The Kier molecular flexibility index (Phi) is 7.32. The fraction of sp³-hybridized carbons (Fsp3) is 0.258. The van der Waals surface area contributed by atoms with Crippen molar-refractivity contribution in [1.82, 2.24) is 20.3 Å². The summed E-state index contributed by atoms with van der Waals surface area (Å²) in [6.45, 7) is 6.09. The Hall–Kier alpha value is -3.91. The first-order valence-corrected chi connectivity index (χ1v) is 13.8. The number of hydrazine groups is 1. The van der Waals surface area contributed by atoms with Crippen LogP contribution >= 0.6 is 15.9 Å². The second-order valence-electron chi connectivity index (χ2n) is 10.4. The van der Waals surface area contributed by atoms with Crippen LogP contribution in [-0.4, -0.2) is 33.2 Å². The lowest BCUT2D eigenvalue weighted by atomic mass is 9.93. The van der Waals surface area contributed by atoms with E-state index in [9.17, 15) is 14.4 Å². The monoisotopic (exact) mass is 586 g/mol. The summed E-state index contributed by atoms with van der Waals surface area (Å²) in [6.07, 6.45) is 0.431. The third-order valence-corrected chi connectivity index (χ3v) is 7.99. The minimum absolute atomic E-state index is 0.119. The van der Waals surface area contributed by atoms with Crippen LogP contribution in [-0.2, 0) is 11.8 Å². The summed E-state index contributed by atoms with van der Waals surface area (Å²) >= 11 is 3.36. The molecule has 3 amide bonds. The first-order valence-electron chi connectivity index (χ1n) is 13.0. The molecule has 1 aliphatic rings. The maximum Gasteiger partial charge on any atom is 0.269 e. The van der Waals surface area contributed by atoms with Crippen LogP contribution in [0.4, 0.5) is 0 Å². The summed E-state index contributed by atoms with van der Waals surface area (Å²) in [4.78, 5) is 42.2. The van der Waals surface area contributed by atoms with Gasteiger partial charge in [-0.15, -0.1) is 0 Å². The molecule has 5 rings (SSSR count). The molecule has 0 radical (unpaired) electrons. The van der Waals surface area contributed by atoms with Gasteiger partial charge < -0.3 is 9.47 Å². The summed E-state index contributed by atoms with van der Waals surface area (Å²) in [5.74, 6) is -0.938. The number of halogens is 1. The standard InChI is InChI=1S/C31H31BrN4O3/c1-18(2)17-26(30(38)34-33-29(37)20-13-15-21(32)16-14-20)36-28(22-9-5-6-10-23(22)31(36)39)27-19(3)35(4)25-12-8-7-11-24(25)27/h5-16,18,26,28H,17H2,1-4H3,(H,33,37)(H,34,38). The first-order chi connectivity index (χ1) is 18.7. The Labute approximate surface area is 236 Å². The lowest BCUT2D eigenvalue weighted by Gasteiger charge is -2.34. The van der Waals surface area contributed by atoms with E-state index in [1.54, 1.807) is 29.2 Å². The highest BCUT2D eigenvalue weighted by Gasteiger charge is 2.45. The Morgan fingerprint density at radius 1 is 0.949 bits per heavy atom. The van der Waals surface area contributed by atoms with E-state index >= 15 is 0 Å². The van der Waals surface area contributed by atoms with Gasteiger partial charge in [0.1, 0.15) is 6.04 Å². The van der Waals surface area contributed by atoms with Crippen molar-refractivity contribution in [3.8, 4) is 0 Å². The van der Waals surface area contributed by atoms with E-state index < -0.39 is 23.9 Å². The van der Waals surface area contributed by atoms with Gasteiger partial charge in [-0.1, -0.05) is 66.2 Å². The van der Waals surface area contributed by atoms with Crippen LogP contribution in [0.25, 0.3) is 10.9 Å². The molecule has 200 valence electrons.